The fourth-order valence-electron chi connectivity index (χ4n) is 2.50. The smallest absolute Gasteiger partial charge is 0.146 e. The molecule has 0 unspecified atom stereocenters. The van der Waals surface area contributed by atoms with Crippen molar-refractivity contribution in [1.82, 2.24) is 0 Å². The van der Waals surface area contributed by atoms with Gasteiger partial charge in [0.15, 0.2) is 0 Å². The summed E-state index contributed by atoms with van der Waals surface area (Å²) in [5.41, 5.74) is 2.01. The number of nitriles is 1. The van der Waals surface area contributed by atoms with E-state index >= 15 is 0 Å². The van der Waals surface area contributed by atoms with Crippen molar-refractivity contribution < 1.29 is 9.47 Å². The number of rotatable bonds is 5. The number of allylic oxidation sites excluding steroid dienone is 1. The van der Waals surface area contributed by atoms with Gasteiger partial charge in [0.05, 0.1) is 23.8 Å². The minimum atomic E-state index is 0.412. The minimum absolute atomic E-state index is 0.412. The lowest BCUT2D eigenvalue weighted by atomic mass is 10.0. The number of nitrogens with zero attached hydrogens (tertiary/aromatic N) is 1. The van der Waals surface area contributed by atoms with Crippen molar-refractivity contribution in [2.24, 2.45) is 0 Å². The molecule has 0 spiro atoms. The van der Waals surface area contributed by atoms with Crippen molar-refractivity contribution in [2.75, 3.05) is 7.11 Å². The van der Waals surface area contributed by atoms with Crippen LogP contribution >= 0.6 is 23.2 Å². The van der Waals surface area contributed by atoms with Gasteiger partial charge in [-0.25, -0.2) is 0 Å². The summed E-state index contributed by atoms with van der Waals surface area (Å²) in [6, 6.07) is 22.0. The number of hydrogen-bond acceptors (Lipinski definition) is 3. The normalized spacial score (nSPS) is 11.0. The lowest BCUT2D eigenvalue weighted by molar-refractivity contribution is 0.414. The van der Waals surface area contributed by atoms with Crippen LogP contribution in [0.25, 0.3) is 11.6 Å². The number of benzene rings is 3. The first-order valence-electron chi connectivity index (χ1n) is 8.09. The number of halogens is 2. The third kappa shape index (κ3) is 4.62. The second-order valence-electron chi connectivity index (χ2n) is 5.62. The van der Waals surface area contributed by atoms with E-state index in [4.69, 9.17) is 32.7 Å². The first kappa shape index (κ1) is 18.8. The van der Waals surface area contributed by atoms with E-state index in [1.165, 1.54) is 0 Å². The molecular formula is C22H15Cl2NO2. The van der Waals surface area contributed by atoms with Crippen LogP contribution in [0.2, 0.25) is 10.0 Å². The summed E-state index contributed by atoms with van der Waals surface area (Å²) in [6.45, 7) is 0. The summed E-state index contributed by atoms with van der Waals surface area (Å²) in [5.74, 6) is 1.75. The Kier molecular flexibility index (Phi) is 6.03. The molecule has 0 aliphatic carbocycles. The predicted molar refractivity (Wildman–Crippen MR) is 109 cm³/mol. The van der Waals surface area contributed by atoms with Gasteiger partial charge in [0, 0.05) is 10.6 Å². The van der Waals surface area contributed by atoms with E-state index in [1.807, 2.05) is 48.5 Å². The fraction of sp³-hybridized carbons (Fsp3) is 0.0455. The van der Waals surface area contributed by atoms with Gasteiger partial charge >= 0.3 is 0 Å². The summed E-state index contributed by atoms with van der Waals surface area (Å²) < 4.78 is 11.2. The molecule has 0 saturated carbocycles. The molecule has 27 heavy (non-hydrogen) atoms. The molecule has 0 N–H and O–H groups in total. The van der Waals surface area contributed by atoms with Crippen LogP contribution < -0.4 is 9.47 Å². The second kappa shape index (κ2) is 8.64. The maximum absolute atomic E-state index is 9.62. The first-order chi connectivity index (χ1) is 13.1. The lowest BCUT2D eigenvalue weighted by Crippen LogP contribution is -1.90. The van der Waals surface area contributed by atoms with Gasteiger partial charge < -0.3 is 9.47 Å². The zero-order valence-electron chi connectivity index (χ0n) is 14.4. The van der Waals surface area contributed by atoms with Gasteiger partial charge in [-0.1, -0.05) is 53.5 Å². The third-order valence-corrected chi connectivity index (χ3v) is 4.36. The Morgan fingerprint density at radius 2 is 1.78 bits per heavy atom. The van der Waals surface area contributed by atoms with Crippen LogP contribution in [-0.4, -0.2) is 7.11 Å². The number of ether oxygens (including phenoxy) is 2. The molecule has 3 aromatic carbocycles. The molecule has 0 aliphatic rings. The molecule has 0 aromatic heterocycles. The van der Waals surface area contributed by atoms with E-state index in [-0.39, 0.29) is 0 Å². The molecule has 0 heterocycles. The summed E-state index contributed by atoms with van der Waals surface area (Å²) in [4.78, 5) is 0. The van der Waals surface area contributed by atoms with Gasteiger partial charge in [-0.2, -0.15) is 5.26 Å². The molecule has 0 bridgehead atoms. The quantitative estimate of drug-likeness (QED) is 0.350. The lowest BCUT2D eigenvalue weighted by Gasteiger charge is -2.11. The third-order valence-electron chi connectivity index (χ3n) is 3.83. The van der Waals surface area contributed by atoms with E-state index < -0.39 is 0 Å². The topological polar surface area (TPSA) is 42.2 Å². The SMILES string of the molecule is COc1cccc(/C(C#N)=C/c2ccccc2Oc2ccc(Cl)cc2Cl)c1. The molecule has 3 nitrogen and oxygen atoms in total. The highest BCUT2D eigenvalue weighted by molar-refractivity contribution is 6.35. The molecule has 3 rings (SSSR count). The molecule has 0 atom stereocenters. The maximum atomic E-state index is 9.62. The van der Waals surface area contributed by atoms with Crippen molar-refractivity contribution in [1.29, 1.82) is 5.26 Å². The second-order valence-corrected chi connectivity index (χ2v) is 6.46. The highest BCUT2D eigenvalue weighted by Crippen LogP contribution is 2.34. The van der Waals surface area contributed by atoms with E-state index in [9.17, 15) is 5.26 Å². The average molecular weight is 396 g/mol. The van der Waals surface area contributed by atoms with E-state index in [0.29, 0.717) is 32.9 Å². The predicted octanol–water partition coefficient (Wildman–Crippen LogP) is 6.86. The zero-order valence-corrected chi connectivity index (χ0v) is 16.0. The highest BCUT2D eigenvalue weighted by Gasteiger charge is 2.09. The average Bonchev–Trinajstić information content (AvgIpc) is 2.69. The molecule has 134 valence electrons. The molecule has 0 fully saturated rings. The Labute approximate surface area is 168 Å². The molecule has 0 saturated heterocycles. The molecule has 0 radical (unpaired) electrons. The Bertz CT molecular complexity index is 1040. The van der Waals surface area contributed by atoms with E-state index in [2.05, 4.69) is 6.07 Å². The summed E-state index contributed by atoms with van der Waals surface area (Å²) in [6.07, 6.45) is 1.77. The number of hydrogen-bond donors (Lipinski definition) is 0. The van der Waals surface area contributed by atoms with Crippen LogP contribution in [0.3, 0.4) is 0 Å². The van der Waals surface area contributed by atoms with Gasteiger partial charge in [0.25, 0.3) is 0 Å². The zero-order chi connectivity index (χ0) is 19.2. The van der Waals surface area contributed by atoms with Crippen LogP contribution in [0.15, 0.2) is 66.7 Å². The Balaban J connectivity index is 1.99. The standard InChI is InChI=1S/C22H15Cl2NO2/c1-26-19-7-4-6-15(12-19)17(14-25)11-16-5-2-3-8-21(16)27-22-10-9-18(23)13-20(22)24/h2-13H,1H3/b17-11+. The molecular weight excluding hydrogens is 381 g/mol. The van der Waals surface area contributed by atoms with Gasteiger partial charge in [-0.3, -0.25) is 0 Å². The first-order valence-corrected chi connectivity index (χ1v) is 8.84. The van der Waals surface area contributed by atoms with Crippen LogP contribution in [0, 0.1) is 11.3 Å². The number of methoxy groups -OCH3 is 1. The van der Waals surface area contributed by atoms with E-state index in [1.54, 1.807) is 31.4 Å². The van der Waals surface area contributed by atoms with E-state index in [0.717, 1.165) is 11.1 Å². The van der Waals surface area contributed by atoms with Crippen molar-refractivity contribution >= 4 is 34.9 Å². The summed E-state index contributed by atoms with van der Waals surface area (Å²) in [5, 5.41) is 10.6. The van der Waals surface area contributed by atoms with Crippen LogP contribution in [0.4, 0.5) is 0 Å². The van der Waals surface area contributed by atoms with Crippen LogP contribution in [0.1, 0.15) is 11.1 Å². The largest absolute Gasteiger partial charge is 0.497 e. The summed E-state index contributed by atoms with van der Waals surface area (Å²) in [7, 11) is 1.59. The van der Waals surface area contributed by atoms with Crippen LogP contribution in [-0.2, 0) is 0 Å². The maximum Gasteiger partial charge on any atom is 0.146 e. The van der Waals surface area contributed by atoms with Crippen LogP contribution in [0.5, 0.6) is 17.2 Å². The van der Waals surface area contributed by atoms with Crippen molar-refractivity contribution in [3.05, 3.63) is 87.9 Å². The molecule has 5 heteroatoms. The molecule has 0 aliphatic heterocycles. The Hall–Kier alpha value is -2.93. The molecule has 3 aromatic rings. The van der Waals surface area contributed by atoms with Gasteiger partial charge in [0.1, 0.15) is 17.2 Å². The van der Waals surface area contributed by atoms with Gasteiger partial charge in [-0.15, -0.1) is 0 Å². The van der Waals surface area contributed by atoms with Crippen molar-refractivity contribution in [3.63, 3.8) is 0 Å². The van der Waals surface area contributed by atoms with Gasteiger partial charge in [0.2, 0.25) is 0 Å². The molecule has 0 amide bonds. The minimum Gasteiger partial charge on any atom is -0.497 e. The summed E-state index contributed by atoms with van der Waals surface area (Å²) >= 11 is 12.1. The van der Waals surface area contributed by atoms with Crippen molar-refractivity contribution in [2.45, 2.75) is 0 Å². The Morgan fingerprint density at radius 3 is 2.52 bits per heavy atom. The fourth-order valence-corrected chi connectivity index (χ4v) is 2.94. The Morgan fingerprint density at radius 1 is 0.963 bits per heavy atom. The van der Waals surface area contributed by atoms with Gasteiger partial charge in [-0.05, 0) is 48.0 Å². The monoisotopic (exact) mass is 395 g/mol. The highest BCUT2D eigenvalue weighted by atomic mass is 35.5. The number of para-hydroxylation sites is 1. The van der Waals surface area contributed by atoms with Crippen molar-refractivity contribution in [3.8, 4) is 23.3 Å².